The molecule has 0 spiro atoms. The van der Waals surface area contributed by atoms with E-state index in [9.17, 15) is 4.79 Å². The van der Waals surface area contributed by atoms with Crippen molar-refractivity contribution >= 4 is 23.6 Å². The van der Waals surface area contributed by atoms with E-state index >= 15 is 0 Å². The molecule has 6 nitrogen and oxygen atoms in total. The number of anilines is 1. The number of aromatic nitrogens is 3. The number of nitrogens with one attached hydrogen (secondary N) is 2. The van der Waals surface area contributed by atoms with Crippen LogP contribution in [-0.2, 0) is 11.2 Å². The number of benzene rings is 1. The van der Waals surface area contributed by atoms with E-state index < -0.39 is 0 Å². The highest BCUT2D eigenvalue weighted by Gasteiger charge is 2.19. The minimum absolute atomic E-state index is 0.153. The lowest BCUT2D eigenvalue weighted by atomic mass is 10.1. The lowest BCUT2D eigenvalue weighted by Crippen LogP contribution is -2.22. The quantitative estimate of drug-likeness (QED) is 0.658. The minimum Gasteiger partial charge on any atom is -0.338 e. The van der Waals surface area contributed by atoms with E-state index in [0.29, 0.717) is 5.88 Å². The van der Waals surface area contributed by atoms with E-state index in [1.165, 1.54) is 17.3 Å². The summed E-state index contributed by atoms with van der Waals surface area (Å²) in [5.41, 5.74) is 3.94. The molecule has 0 aliphatic heterocycles. The van der Waals surface area contributed by atoms with Gasteiger partial charge in [0, 0.05) is 18.2 Å². The predicted octanol–water partition coefficient (Wildman–Crippen LogP) is 3.72. The fraction of sp³-hybridized carbons (Fsp3) is 0.278. The molecule has 0 bridgehead atoms. The molecule has 2 aromatic heterocycles. The van der Waals surface area contributed by atoms with E-state index in [2.05, 4.69) is 32.6 Å². The zero-order chi connectivity index (χ0) is 17.8. The van der Waals surface area contributed by atoms with Gasteiger partial charge in [-0.05, 0) is 26.3 Å². The van der Waals surface area contributed by atoms with Gasteiger partial charge in [0.15, 0.2) is 5.16 Å². The third kappa shape index (κ3) is 4.51. The number of imidazole rings is 1. The second-order valence-corrected chi connectivity index (χ2v) is 7.19. The van der Waals surface area contributed by atoms with Crippen LogP contribution < -0.4 is 5.32 Å². The Morgan fingerprint density at radius 1 is 1.32 bits per heavy atom. The highest BCUT2D eigenvalue weighted by molar-refractivity contribution is 8.00. The number of carbonyl (C=O) groups is 1. The Kier molecular flexibility index (Phi) is 5.23. The van der Waals surface area contributed by atoms with Crippen LogP contribution in [-0.4, -0.2) is 26.3 Å². The van der Waals surface area contributed by atoms with Gasteiger partial charge in [0.25, 0.3) is 0 Å². The van der Waals surface area contributed by atoms with Gasteiger partial charge < -0.3 is 9.51 Å². The van der Waals surface area contributed by atoms with Gasteiger partial charge in [0.1, 0.15) is 0 Å². The van der Waals surface area contributed by atoms with Crippen LogP contribution in [0.2, 0.25) is 0 Å². The molecule has 3 aromatic rings. The molecule has 0 radical (unpaired) electrons. The lowest BCUT2D eigenvalue weighted by molar-refractivity contribution is -0.115. The number of carbonyl (C=O) groups excluding carboxylic acids is 1. The molecular weight excluding hydrogens is 336 g/mol. The second-order valence-electron chi connectivity index (χ2n) is 5.86. The zero-order valence-corrected chi connectivity index (χ0v) is 15.2. The average molecular weight is 356 g/mol. The van der Waals surface area contributed by atoms with Crippen molar-refractivity contribution in [1.29, 1.82) is 0 Å². The van der Waals surface area contributed by atoms with Gasteiger partial charge in [0.05, 0.1) is 16.6 Å². The summed E-state index contributed by atoms with van der Waals surface area (Å²) in [5.74, 6) is 0.204. The molecule has 1 unspecified atom stereocenters. The number of thioether (sulfide) groups is 1. The summed E-state index contributed by atoms with van der Waals surface area (Å²) in [5, 5.41) is 6.88. The van der Waals surface area contributed by atoms with Gasteiger partial charge >= 0.3 is 0 Å². The topological polar surface area (TPSA) is 83.8 Å². The summed E-state index contributed by atoms with van der Waals surface area (Å²) in [7, 11) is 0. The Labute approximate surface area is 150 Å². The molecule has 0 saturated carbocycles. The Balaban J connectivity index is 1.62. The molecule has 0 saturated heterocycles. The Morgan fingerprint density at radius 2 is 2.08 bits per heavy atom. The molecule has 0 aliphatic carbocycles. The molecule has 2 N–H and O–H groups in total. The first-order chi connectivity index (χ1) is 12.0. The fourth-order valence-electron chi connectivity index (χ4n) is 2.35. The molecule has 1 aromatic carbocycles. The number of hydrogen-bond donors (Lipinski definition) is 2. The third-order valence-corrected chi connectivity index (χ3v) is 4.69. The van der Waals surface area contributed by atoms with Gasteiger partial charge in [-0.25, -0.2) is 4.98 Å². The van der Waals surface area contributed by atoms with Crippen molar-refractivity contribution < 1.29 is 9.32 Å². The lowest BCUT2D eigenvalue weighted by Gasteiger charge is -2.07. The number of rotatable bonds is 6. The minimum atomic E-state index is -0.319. The fourth-order valence-corrected chi connectivity index (χ4v) is 3.23. The normalized spacial score (nSPS) is 12.1. The number of aryl methyl sites for hydroxylation is 2. The number of hydrogen-bond acceptors (Lipinski definition) is 5. The molecule has 1 amide bonds. The maximum atomic E-state index is 12.2. The Morgan fingerprint density at radius 3 is 2.76 bits per heavy atom. The zero-order valence-electron chi connectivity index (χ0n) is 14.4. The summed E-state index contributed by atoms with van der Waals surface area (Å²) in [6, 6.07) is 11.9. The molecule has 25 heavy (non-hydrogen) atoms. The van der Waals surface area contributed by atoms with Crippen LogP contribution in [0.3, 0.4) is 0 Å². The first-order valence-corrected chi connectivity index (χ1v) is 8.89. The van der Waals surface area contributed by atoms with Crippen LogP contribution in [0.5, 0.6) is 0 Å². The number of aromatic amines is 1. The first-order valence-electron chi connectivity index (χ1n) is 8.01. The van der Waals surface area contributed by atoms with Crippen LogP contribution in [0.15, 0.2) is 46.1 Å². The summed E-state index contributed by atoms with van der Waals surface area (Å²) < 4.78 is 5.01. The van der Waals surface area contributed by atoms with E-state index in [1.807, 2.05) is 32.0 Å². The van der Waals surface area contributed by atoms with Crippen LogP contribution in [0, 0.1) is 13.8 Å². The highest BCUT2D eigenvalue weighted by Crippen LogP contribution is 2.24. The largest absolute Gasteiger partial charge is 0.338 e. The maximum absolute atomic E-state index is 12.2. The van der Waals surface area contributed by atoms with Crippen molar-refractivity contribution in [3.05, 3.63) is 59.0 Å². The molecule has 7 heteroatoms. The van der Waals surface area contributed by atoms with Crippen molar-refractivity contribution in [3.63, 3.8) is 0 Å². The Hall–Kier alpha value is -2.54. The molecular formula is C18H20N4O2S. The molecule has 3 rings (SSSR count). The Bertz CT molecular complexity index is 857. The number of H-pyrrole nitrogens is 1. The van der Waals surface area contributed by atoms with Gasteiger partial charge in [0.2, 0.25) is 11.8 Å². The van der Waals surface area contributed by atoms with Crippen LogP contribution in [0.25, 0.3) is 0 Å². The molecule has 0 fully saturated rings. The smallest absolute Gasteiger partial charge is 0.240 e. The van der Waals surface area contributed by atoms with E-state index in [0.717, 1.165) is 28.7 Å². The van der Waals surface area contributed by atoms with Gasteiger partial charge in [-0.1, -0.05) is 47.3 Å². The van der Waals surface area contributed by atoms with Gasteiger partial charge in [-0.15, -0.1) is 0 Å². The molecule has 130 valence electrons. The van der Waals surface area contributed by atoms with Crippen molar-refractivity contribution in [3.8, 4) is 0 Å². The second kappa shape index (κ2) is 7.57. The van der Waals surface area contributed by atoms with Crippen LogP contribution in [0.4, 0.5) is 5.88 Å². The van der Waals surface area contributed by atoms with Gasteiger partial charge in [-0.2, -0.15) is 0 Å². The van der Waals surface area contributed by atoms with E-state index in [1.54, 1.807) is 13.0 Å². The molecule has 0 aliphatic rings. The predicted molar refractivity (Wildman–Crippen MR) is 97.8 cm³/mol. The van der Waals surface area contributed by atoms with Crippen molar-refractivity contribution in [2.45, 2.75) is 37.6 Å². The first kappa shape index (κ1) is 17.3. The summed E-state index contributed by atoms with van der Waals surface area (Å²) in [6.07, 6.45) is 0.766. The van der Waals surface area contributed by atoms with E-state index in [-0.39, 0.29) is 11.2 Å². The summed E-state index contributed by atoms with van der Waals surface area (Å²) in [6.45, 7) is 5.63. The van der Waals surface area contributed by atoms with E-state index in [4.69, 9.17) is 4.52 Å². The van der Waals surface area contributed by atoms with Gasteiger partial charge in [-0.3, -0.25) is 10.1 Å². The standard InChI is InChI=1S/C18H20N4O2S/c1-11-9-16(24-22-11)21-17(23)13(3)25-18-19-12(2)15(20-18)10-14-7-5-4-6-8-14/h4-9,13H,10H2,1-3H3,(H,19,20)(H,21,23). The SMILES string of the molecule is Cc1cc(NC(=O)C(C)Sc2nc(Cc3ccccc3)c(C)[nH]2)on1. The van der Waals surface area contributed by atoms with Crippen molar-refractivity contribution in [2.24, 2.45) is 0 Å². The van der Waals surface area contributed by atoms with Crippen molar-refractivity contribution in [2.75, 3.05) is 5.32 Å². The summed E-state index contributed by atoms with van der Waals surface area (Å²) >= 11 is 1.38. The number of amides is 1. The molecule has 1 atom stereocenters. The maximum Gasteiger partial charge on any atom is 0.240 e. The highest BCUT2D eigenvalue weighted by atomic mass is 32.2. The van der Waals surface area contributed by atoms with Crippen LogP contribution >= 0.6 is 11.8 Å². The average Bonchev–Trinajstić information content (AvgIpc) is 3.14. The molecule has 2 heterocycles. The number of nitrogens with zero attached hydrogens (tertiary/aromatic N) is 2. The summed E-state index contributed by atoms with van der Waals surface area (Å²) in [4.78, 5) is 20.1. The van der Waals surface area contributed by atoms with Crippen molar-refractivity contribution in [1.82, 2.24) is 15.1 Å². The monoisotopic (exact) mass is 356 g/mol. The third-order valence-electron chi connectivity index (χ3n) is 3.71. The van der Waals surface area contributed by atoms with Crippen LogP contribution in [0.1, 0.15) is 29.6 Å².